The highest BCUT2D eigenvalue weighted by Crippen LogP contribution is 2.33. The van der Waals surface area contributed by atoms with E-state index in [0.717, 1.165) is 27.4 Å². The lowest BCUT2D eigenvalue weighted by atomic mass is 9.96. The fraction of sp³-hybridized carbons (Fsp3) is 0.273. The summed E-state index contributed by atoms with van der Waals surface area (Å²) in [6.07, 6.45) is 3.38. The number of nitrogens with two attached hydrogens (primary N) is 1. The molecule has 2 N–H and O–H groups in total. The van der Waals surface area contributed by atoms with Crippen molar-refractivity contribution in [3.8, 4) is 0 Å². The zero-order valence-corrected chi connectivity index (χ0v) is 18.6. The molecule has 0 spiro atoms. The van der Waals surface area contributed by atoms with Crippen molar-refractivity contribution < 1.29 is 8.42 Å². The summed E-state index contributed by atoms with van der Waals surface area (Å²) in [5.41, 5.74) is 5.43. The van der Waals surface area contributed by atoms with Crippen LogP contribution in [0.4, 0.5) is 0 Å². The van der Waals surface area contributed by atoms with Crippen molar-refractivity contribution in [1.82, 2.24) is 9.55 Å². The minimum absolute atomic E-state index is 0.214. The molecule has 2 heterocycles. The molecule has 3 rings (SSSR count). The van der Waals surface area contributed by atoms with E-state index in [4.69, 9.17) is 17.4 Å². The SMILES string of the molecule is Cc1ccc(C(=S)c2c(C)cc(CC(C)(c3cccnc3)S(N)(=O)=O)n2C)cc1. The topological polar surface area (TPSA) is 78.0 Å². The molecule has 0 fully saturated rings. The van der Waals surface area contributed by atoms with Gasteiger partial charge in [-0.15, -0.1) is 0 Å². The quantitative estimate of drug-likeness (QED) is 0.482. The average molecular weight is 428 g/mol. The van der Waals surface area contributed by atoms with Gasteiger partial charge in [0.1, 0.15) is 4.75 Å². The van der Waals surface area contributed by atoms with Crippen molar-refractivity contribution in [3.63, 3.8) is 0 Å². The first-order valence-electron chi connectivity index (χ1n) is 9.24. The molecule has 0 saturated heterocycles. The first-order valence-corrected chi connectivity index (χ1v) is 11.2. The molecule has 1 aromatic carbocycles. The van der Waals surface area contributed by atoms with E-state index in [2.05, 4.69) is 4.98 Å². The Balaban J connectivity index is 2.05. The Morgan fingerprint density at radius 1 is 1.21 bits per heavy atom. The van der Waals surface area contributed by atoms with Gasteiger partial charge < -0.3 is 4.57 Å². The number of aromatic nitrogens is 2. The number of thiocarbonyl (C=S) groups is 1. The Kier molecular flexibility index (Phi) is 5.76. The number of rotatable bonds is 6. The molecular weight excluding hydrogens is 402 g/mol. The second-order valence-corrected chi connectivity index (χ2v) is 10.0. The normalized spacial score (nSPS) is 13.8. The van der Waals surface area contributed by atoms with E-state index >= 15 is 0 Å². The van der Waals surface area contributed by atoms with Crippen LogP contribution in [0.2, 0.25) is 0 Å². The van der Waals surface area contributed by atoms with Gasteiger partial charge in [-0.2, -0.15) is 0 Å². The van der Waals surface area contributed by atoms with Crippen molar-refractivity contribution in [2.24, 2.45) is 12.2 Å². The predicted molar refractivity (Wildman–Crippen MR) is 121 cm³/mol. The summed E-state index contributed by atoms with van der Waals surface area (Å²) in [5, 5.41) is 5.66. The molecule has 1 atom stereocenters. The maximum Gasteiger partial charge on any atom is 0.219 e. The molecule has 0 bridgehead atoms. The summed E-state index contributed by atoms with van der Waals surface area (Å²) < 4.78 is 25.8. The molecule has 0 aliphatic heterocycles. The molecule has 0 radical (unpaired) electrons. The van der Waals surface area contributed by atoms with Gasteiger partial charge in [-0.3, -0.25) is 4.98 Å². The van der Waals surface area contributed by atoms with Gasteiger partial charge in [-0.25, -0.2) is 13.6 Å². The van der Waals surface area contributed by atoms with Crippen LogP contribution in [0.3, 0.4) is 0 Å². The second-order valence-electron chi connectivity index (χ2n) is 7.62. The van der Waals surface area contributed by atoms with Crippen LogP contribution in [0.1, 0.15) is 40.6 Å². The lowest BCUT2D eigenvalue weighted by molar-refractivity contribution is 0.529. The van der Waals surface area contributed by atoms with Crippen LogP contribution in [-0.2, 0) is 28.2 Å². The summed E-state index contributed by atoms with van der Waals surface area (Å²) in [6, 6.07) is 13.5. The van der Waals surface area contributed by atoms with Gasteiger partial charge in [0, 0.05) is 31.6 Å². The molecule has 7 heteroatoms. The summed E-state index contributed by atoms with van der Waals surface area (Å²) in [6.45, 7) is 5.66. The van der Waals surface area contributed by atoms with E-state index < -0.39 is 14.8 Å². The summed E-state index contributed by atoms with van der Waals surface area (Å²) in [4.78, 5) is 4.81. The minimum atomic E-state index is -3.90. The fourth-order valence-electron chi connectivity index (χ4n) is 3.55. The largest absolute Gasteiger partial charge is 0.347 e. The molecule has 1 unspecified atom stereocenters. The lowest BCUT2D eigenvalue weighted by Gasteiger charge is -2.27. The van der Waals surface area contributed by atoms with Gasteiger partial charge in [0.05, 0.1) is 10.6 Å². The summed E-state index contributed by atoms with van der Waals surface area (Å²) >= 11 is 5.75. The summed E-state index contributed by atoms with van der Waals surface area (Å²) in [7, 11) is -1.99. The van der Waals surface area contributed by atoms with Gasteiger partial charge >= 0.3 is 0 Å². The molecule has 29 heavy (non-hydrogen) atoms. The van der Waals surface area contributed by atoms with Crippen molar-refractivity contribution in [3.05, 3.63) is 88.5 Å². The van der Waals surface area contributed by atoms with Crippen LogP contribution in [-0.4, -0.2) is 22.8 Å². The van der Waals surface area contributed by atoms with Crippen LogP contribution in [0.5, 0.6) is 0 Å². The van der Waals surface area contributed by atoms with E-state index in [-0.39, 0.29) is 6.42 Å². The second kappa shape index (κ2) is 7.82. The zero-order valence-electron chi connectivity index (χ0n) is 17.0. The Bertz CT molecular complexity index is 1150. The maximum absolute atomic E-state index is 12.6. The number of primary sulfonamides is 1. The van der Waals surface area contributed by atoms with Gasteiger partial charge in [0.25, 0.3) is 0 Å². The molecule has 0 aliphatic carbocycles. The molecule has 152 valence electrons. The fourth-order valence-corrected chi connectivity index (χ4v) is 4.79. The standard InChI is InChI=1S/C22H25N3O2S2/c1-15-7-9-17(10-8-15)21(28)20-16(2)12-19(25(20)4)13-22(3,29(23,26)27)18-6-5-11-24-14-18/h5-12,14H,13H2,1-4H3,(H2,23,26,27). The Labute approximate surface area is 177 Å². The molecule has 3 aromatic rings. The predicted octanol–water partition coefficient (Wildman–Crippen LogP) is 3.55. The molecular formula is C22H25N3O2S2. The third kappa shape index (κ3) is 4.03. The first-order chi connectivity index (χ1) is 13.5. The Morgan fingerprint density at radius 2 is 1.86 bits per heavy atom. The number of pyridine rings is 1. The van der Waals surface area contributed by atoms with Gasteiger partial charge in [0.15, 0.2) is 0 Å². The van der Waals surface area contributed by atoms with Crippen molar-refractivity contribution in [2.75, 3.05) is 0 Å². The van der Waals surface area contributed by atoms with Gasteiger partial charge in [-0.1, -0.05) is 48.1 Å². The van der Waals surface area contributed by atoms with Gasteiger partial charge in [0.2, 0.25) is 10.0 Å². The average Bonchev–Trinajstić information content (AvgIpc) is 2.94. The van der Waals surface area contributed by atoms with E-state index in [1.807, 2.05) is 55.8 Å². The highest BCUT2D eigenvalue weighted by molar-refractivity contribution is 7.90. The number of benzene rings is 1. The monoisotopic (exact) mass is 427 g/mol. The van der Waals surface area contributed by atoms with Crippen LogP contribution >= 0.6 is 12.2 Å². The maximum atomic E-state index is 12.6. The number of nitrogens with zero attached hydrogens (tertiary/aromatic N) is 2. The van der Waals surface area contributed by atoms with Crippen LogP contribution in [0.15, 0.2) is 54.9 Å². The molecule has 5 nitrogen and oxygen atoms in total. The van der Waals surface area contributed by atoms with Crippen LogP contribution < -0.4 is 5.14 Å². The number of sulfonamides is 1. The number of hydrogen-bond donors (Lipinski definition) is 1. The van der Waals surface area contributed by atoms with Crippen molar-refractivity contribution >= 4 is 27.1 Å². The Morgan fingerprint density at radius 3 is 2.41 bits per heavy atom. The third-order valence-corrected chi connectivity index (χ3v) is 7.54. The molecule has 0 aliphatic rings. The number of aryl methyl sites for hydroxylation is 2. The minimum Gasteiger partial charge on any atom is -0.347 e. The van der Waals surface area contributed by atoms with Crippen molar-refractivity contribution in [2.45, 2.75) is 31.9 Å². The van der Waals surface area contributed by atoms with Crippen LogP contribution in [0.25, 0.3) is 0 Å². The van der Waals surface area contributed by atoms with Crippen LogP contribution in [0, 0.1) is 13.8 Å². The van der Waals surface area contributed by atoms with Crippen molar-refractivity contribution in [1.29, 1.82) is 0 Å². The zero-order chi connectivity index (χ0) is 21.4. The van der Waals surface area contributed by atoms with E-state index in [1.54, 1.807) is 31.5 Å². The van der Waals surface area contributed by atoms with E-state index in [0.29, 0.717) is 5.56 Å². The molecule has 2 aromatic heterocycles. The molecule has 0 amide bonds. The van der Waals surface area contributed by atoms with Gasteiger partial charge in [-0.05, 0) is 49.6 Å². The number of hydrogen-bond acceptors (Lipinski definition) is 4. The summed E-state index contributed by atoms with van der Waals surface area (Å²) in [5.74, 6) is 0. The lowest BCUT2D eigenvalue weighted by Crippen LogP contribution is -2.40. The highest BCUT2D eigenvalue weighted by Gasteiger charge is 2.40. The Hall–Kier alpha value is -2.35. The smallest absolute Gasteiger partial charge is 0.219 e. The van der Waals surface area contributed by atoms with E-state index in [1.165, 1.54) is 5.56 Å². The third-order valence-electron chi connectivity index (χ3n) is 5.47. The molecule has 0 saturated carbocycles. The van der Waals surface area contributed by atoms with E-state index in [9.17, 15) is 8.42 Å². The first kappa shape index (κ1) is 21.4. The highest BCUT2D eigenvalue weighted by atomic mass is 32.2.